The normalized spacial score (nSPS) is 11.2. The van der Waals surface area contributed by atoms with E-state index in [1.165, 1.54) is 7.11 Å². The molecule has 3 heteroatoms. The van der Waals surface area contributed by atoms with Gasteiger partial charge in [-0.2, -0.15) is 11.8 Å². The number of carbonyl (C=O) groups excluding carboxylic acids is 1. The molecule has 1 aromatic carbocycles. The molecule has 2 nitrogen and oxygen atoms in total. The first kappa shape index (κ1) is 13.1. The standard InChI is InChI=1S/C13H18O2S/c1-13(2,3)16-9-10-7-5-6-8-11(10)12(14)15-4/h5-8H,9H2,1-4H3. The maximum Gasteiger partial charge on any atom is 0.338 e. The van der Waals surface area contributed by atoms with Gasteiger partial charge in [-0.25, -0.2) is 4.79 Å². The molecular weight excluding hydrogens is 220 g/mol. The first-order chi connectivity index (χ1) is 7.44. The molecule has 1 aromatic rings. The molecular formula is C13H18O2S. The third-order valence-electron chi connectivity index (χ3n) is 2.08. The van der Waals surface area contributed by atoms with Crippen molar-refractivity contribution in [2.45, 2.75) is 31.3 Å². The fraction of sp³-hybridized carbons (Fsp3) is 0.462. The molecule has 0 aliphatic heterocycles. The van der Waals surface area contributed by atoms with Crippen molar-refractivity contribution in [1.29, 1.82) is 0 Å². The van der Waals surface area contributed by atoms with Crippen molar-refractivity contribution >= 4 is 17.7 Å². The number of hydrogen-bond acceptors (Lipinski definition) is 3. The number of hydrogen-bond donors (Lipinski definition) is 0. The van der Waals surface area contributed by atoms with Gasteiger partial charge >= 0.3 is 5.97 Å². The van der Waals surface area contributed by atoms with E-state index in [0.717, 1.165) is 11.3 Å². The van der Waals surface area contributed by atoms with E-state index >= 15 is 0 Å². The van der Waals surface area contributed by atoms with Crippen molar-refractivity contribution in [2.75, 3.05) is 7.11 Å². The molecule has 0 aliphatic carbocycles. The quantitative estimate of drug-likeness (QED) is 0.754. The summed E-state index contributed by atoms with van der Waals surface area (Å²) in [6.45, 7) is 6.50. The van der Waals surface area contributed by atoms with Gasteiger partial charge < -0.3 is 4.74 Å². The van der Waals surface area contributed by atoms with E-state index in [-0.39, 0.29) is 10.7 Å². The van der Waals surface area contributed by atoms with E-state index in [1.807, 2.05) is 36.0 Å². The maximum absolute atomic E-state index is 11.5. The number of carbonyl (C=O) groups is 1. The van der Waals surface area contributed by atoms with Crippen molar-refractivity contribution in [2.24, 2.45) is 0 Å². The molecule has 0 amide bonds. The van der Waals surface area contributed by atoms with Gasteiger partial charge in [-0.3, -0.25) is 0 Å². The van der Waals surface area contributed by atoms with Crippen molar-refractivity contribution in [3.63, 3.8) is 0 Å². The molecule has 0 saturated carbocycles. The van der Waals surface area contributed by atoms with Gasteiger partial charge in [-0.1, -0.05) is 39.0 Å². The van der Waals surface area contributed by atoms with Crippen molar-refractivity contribution in [3.8, 4) is 0 Å². The van der Waals surface area contributed by atoms with Gasteiger partial charge in [0.05, 0.1) is 12.7 Å². The van der Waals surface area contributed by atoms with Crippen LogP contribution < -0.4 is 0 Å². The summed E-state index contributed by atoms with van der Waals surface area (Å²) in [6, 6.07) is 7.60. The average Bonchev–Trinajstić information content (AvgIpc) is 2.25. The number of benzene rings is 1. The molecule has 1 rings (SSSR count). The monoisotopic (exact) mass is 238 g/mol. The van der Waals surface area contributed by atoms with Crippen LogP contribution in [0.15, 0.2) is 24.3 Å². The highest BCUT2D eigenvalue weighted by Crippen LogP contribution is 2.28. The lowest BCUT2D eigenvalue weighted by atomic mass is 10.1. The van der Waals surface area contributed by atoms with Gasteiger partial charge in [0.15, 0.2) is 0 Å². The van der Waals surface area contributed by atoms with Crippen molar-refractivity contribution in [1.82, 2.24) is 0 Å². The zero-order chi connectivity index (χ0) is 12.2. The molecule has 0 atom stereocenters. The molecule has 0 N–H and O–H groups in total. The second-order valence-corrected chi connectivity index (χ2v) is 6.35. The van der Waals surface area contributed by atoms with E-state index in [9.17, 15) is 4.79 Å². The van der Waals surface area contributed by atoms with Gasteiger partial charge in [0.1, 0.15) is 0 Å². The van der Waals surface area contributed by atoms with Crippen molar-refractivity contribution in [3.05, 3.63) is 35.4 Å². The van der Waals surface area contributed by atoms with Crippen LogP contribution >= 0.6 is 11.8 Å². The summed E-state index contributed by atoms with van der Waals surface area (Å²) >= 11 is 1.82. The predicted octanol–water partition coefficient (Wildman–Crippen LogP) is 3.50. The van der Waals surface area contributed by atoms with Crippen LogP contribution in [0.4, 0.5) is 0 Å². The third-order valence-corrected chi connectivity index (χ3v) is 3.40. The van der Waals surface area contributed by atoms with Gasteiger partial charge in [0.2, 0.25) is 0 Å². The molecule has 0 heterocycles. The van der Waals surface area contributed by atoms with Crippen LogP contribution in [0.3, 0.4) is 0 Å². The van der Waals surface area contributed by atoms with Crippen LogP contribution in [0.2, 0.25) is 0 Å². The summed E-state index contributed by atoms with van der Waals surface area (Å²) in [7, 11) is 1.41. The minimum Gasteiger partial charge on any atom is -0.465 e. The minimum atomic E-state index is -0.259. The first-order valence-electron chi connectivity index (χ1n) is 5.24. The molecule has 16 heavy (non-hydrogen) atoms. The molecule has 0 spiro atoms. The number of ether oxygens (including phenoxy) is 1. The van der Waals surface area contributed by atoms with Gasteiger partial charge in [-0.05, 0) is 11.6 Å². The lowest BCUT2D eigenvalue weighted by Crippen LogP contribution is -2.10. The Hall–Kier alpha value is -0.960. The lowest BCUT2D eigenvalue weighted by Gasteiger charge is -2.18. The summed E-state index contributed by atoms with van der Waals surface area (Å²) in [5.74, 6) is 0.569. The topological polar surface area (TPSA) is 26.3 Å². The Bertz CT molecular complexity index is 366. The highest BCUT2D eigenvalue weighted by Gasteiger charge is 2.15. The Morgan fingerprint density at radius 2 is 1.94 bits per heavy atom. The van der Waals surface area contributed by atoms with Crippen LogP contribution in [0, 0.1) is 0 Å². The Labute approximate surface area is 101 Å². The molecule has 0 aromatic heterocycles. The molecule has 0 fully saturated rings. The van der Waals surface area contributed by atoms with Crippen LogP contribution in [0.1, 0.15) is 36.7 Å². The Morgan fingerprint density at radius 3 is 2.50 bits per heavy atom. The molecule has 88 valence electrons. The maximum atomic E-state index is 11.5. The number of thioether (sulfide) groups is 1. The lowest BCUT2D eigenvalue weighted by molar-refractivity contribution is 0.0600. The summed E-state index contributed by atoms with van der Waals surface area (Å²) in [4.78, 5) is 11.5. The molecule has 0 radical (unpaired) electrons. The summed E-state index contributed by atoms with van der Waals surface area (Å²) in [6.07, 6.45) is 0. The summed E-state index contributed by atoms with van der Waals surface area (Å²) in [5.41, 5.74) is 1.70. The van der Waals surface area contributed by atoms with Gasteiger partial charge in [-0.15, -0.1) is 0 Å². The van der Waals surface area contributed by atoms with Crippen LogP contribution in [-0.2, 0) is 10.5 Å². The van der Waals surface area contributed by atoms with Crippen LogP contribution in [0.25, 0.3) is 0 Å². The fourth-order valence-corrected chi connectivity index (χ4v) is 2.09. The third kappa shape index (κ3) is 3.89. The second kappa shape index (κ2) is 5.39. The predicted molar refractivity (Wildman–Crippen MR) is 68.8 cm³/mol. The zero-order valence-corrected chi connectivity index (χ0v) is 11.1. The van der Waals surface area contributed by atoms with E-state index in [1.54, 1.807) is 0 Å². The highest BCUT2D eigenvalue weighted by molar-refractivity contribution is 7.99. The van der Waals surface area contributed by atoms with Crippen molar-refractivity contribution < 1.29 is 9.53 Å². The Morgan fingerprint density at radius 1 is 1.31 bits per heavy atom. The van der Waals surface area contributed by atoms with Crippen LogP contribution in [0.5, 0.6) is 0 Å². The van der Waals surface area contributed by atoms with E-state index < -0.39 is 0 Å². The van der Waals surface area contributed by atoms with E-state index in [4.69, 9.17) is 4.74 Å². The zero-order valence-electron chi connectivity index (χ0n) is 10.2. The molecule has 0 saturated heterocycles. The van der Waals surface area contributed by atoms with Crippen LogP contribution in [-0.4, -0.2) is 17.8 Å². The molecule has 0 aliphatic rings. The second-order valence-electron chi connectivity index (χ2n) is 4.55. The smallest absolute Gasteiger partial charge is 0.338 e. The SMILES string of the molecule is COC(=O)c1ccccc1CSC(C)(C)C. The minimum absolute atomic E-state index is 0.198. The summed E-state index contributed by atoms with van der Waals surface area (Å²) < 4.78 is 4.96. The Kier molecular flexibility index (Phi) is 4.42. The Balaban J connectivity index is 2.83. The largest absolute Gasteiger partial charge is 0.465 e. The highest BCUT2D eigenvalue weighted by atomic mass is 32.2. The number of methoxy groups -OCH3 is 1. The van der Waals surface area contributed by atoms with Gasteiger partial charge in [0, 0.05) is 10.5 Å². The van der Waals surface area contributed by atoms with E-state index in [0.29, 0.717) is 5.56 Å². The van der Waals surface area contributed by atoms with E-state index in [2.05, 4.69) is 20.8 Å². The van der Waals surface area contributed by atoms with Gasteiger partial charge in [0.25, 0.3) is 0 Å². The first-order valence-corrected chi connectivity index (χ1v) is 6.23. The number of esters is 1. The fourth-order valence-electron chi connectivity index (χ4n) is 1.25. The number of rotatable bonds is 3. The average molecular weight is 238 g/mol. The molecule has 0 unspecified atom stereocenters. The molecule has 0 bridgehead atoms. The summed E-state index contributed by atoms with van der Waals surface area (Å²) in [5, 5.41) is 0.